The fourth-order valence-corrected chi connectivity index (χ4v) is 2.79. The Morgan fingerprint density at radius 3 is 2.55 bits per heavy atom. The van der Waals surface area contributed by atoms with E-state index in [1.807, 2.05) is 6.26 Å². The van der Waals surface area contributed by atoms with Gasteiger partial charge in [-0.1, -0.05) is 6.07 Å². The normalized spacial score (nSPS) is 10.9. The van der Waals surface area contributed by atoms with Crippen molar-refractivity contribution in [3.63, 3.8) is 0 Å². The molecule has 0 bridgehead atoms. The topological polar surface area (TPSA) is 66.5 Å². The van der Waals surface area contributed by atoms with Crippen molar-refractivity contribution < 1.29 is 0 Å². The molecule has 102 valence electrons. The first-order valence-corrected chi connectivity index (χ1v) is 7.48. The molecule has 2 N–H and O–H groups in total. The van der Waals surface area contributed by atoms with E-state index in [1.165, 1.54) is 17.5 Å². The van der Waals surface area contributed by atoms with Gasteiger partial charge in [-0.25, -0.2) is 9.97 Å². The average molecular weight is 285 g/mol. The van der Waals surface area contributed by atoms with Gasteiger partial charge in [-0.2, -0.15) is 5.10 Å². The molecule has 6 heteroatoms. The highest BCUT2D eigenvalue weighted by atomic mass is 32.2. The fraction of sp³-hybridized carbons (Fsp3) is 0.214. The van der Waals surface area contributed by atoms with Gasteiger partial charge < -0.3 is 5.32 Å². The second kappa shape index (κ2) is 5.13. The van der Waals surface area contributed by atoms with Crippen LogP contribution >= 0.6 is 11.8 Å². The first-order chi connectivity index (χ1) is 9.67. The Labute approximate surface area is 121 Å². The Morgan fingerprint density at radius 2 is 1.85 bits per heavy atom. The van der Waals surface area contributed by atoms with Gasteiger partial charge in [-0.15, -0.1) is 11.8 Å². The summed E-state index contributed by atoms with van der Waals surface area (Å²) in [7, 11) is 0. The van der Waals surface area contributed by atoms with Crippen LogP contribution in [0.3, 0.4) is 0 Å². The first-order valence-electron chi connectivity index (χ1n) is 6.26. The third-order valence-corrected chi connectivity index (χ3v) is 3.68. The second-order valence-electron chi connectivity index (χ2n) is 4.68. The molecule has 0 radical (unpaired) electrons. The molecule has 1 aromatic carbocycles. The Kier molecular flexibility index (Phi) is 3.31. The molecular formula is C14H15N5S. The van der Waals surface area contributed by atoms with Crippen LogP contribution in [-0.2, 0) is 0 Å². The highest BCUT2D eigenvalue weighted by Crippen LogP contribution is 2.29. The van der Waals surface area contributed by atoms with E-state index in [-0.39, 0.29) is 0 Å². The Hall–Kier alpha value is -2.08. The van der Waals surface area contributed by atoms with Gasteiger partial charge in [0, 0.05) is 5.69 Å². The number of H-pyrrole nitrogens is 1. The minimum atomic E-state index is 0.747. The van der Waals surface area contributed by atoms with Crippen molar-refractivity contribution in [3.8, 4) is 0 Å². The smallest absolute Gasteiger partial charge is 0.161 e. The number of nitrogens with zero attached hydrogens (tertiary/aromatic N) is 3. The third-order valence-electron chi connectivity index (χ3n) is 3.00. The maximum absolute atomic E-state index is 4.35. The van der Waals surface area contributed by atoms with Crippen LogP contribution in [0.15, 0.2) is 29.6 Å². The lowest BCUT2D eigenvalue weighted by Gasteiger charge is -2.09. The number of nitrogens with one attached hydrogen (secondary N) is 2. The Bertz CT molecular complexity index is 745. The van der Waals surface area contributed by atoms with Crippen LogP contribution in [0.4, 0.5) is 11.5 Å². The first kappa shape index (κ1) is 12.9. The van der Waals surface area contributed by atoms with Gasteiger partial charge in [0.25, 0.3) is 0 Å². The molecular weight excluding hydrogens is 270 g/mol. The van der Waals surface area contributed by atoms with E-state index in [0.717, 1.165) is 27.6 Å². The molecule has 3 rings (SSSR count). The highest BCUT2D eigenvalue weighted by Gasteiger charge is 2.12. The van der Waals surface area contributed by atoms with Gasteiger partial charge in [0.1, 0.15) is 17.2 Å². The lowest BCUT2D eigenvalue weighted by Crippen LogP contribution is -1.96. The van der Waals surface area contributed by atoms with Crippen molar-refractivity contribution in [1.82, 2.24) is 20.2 Å². The van der Waals surface area contributed by atoms with Gasteiger partial charge >= 0.3 is 0 Å². The van der Waals surface area contributed by atoms with Crippen molar-refractivity contribution in [3.05, 3.63) is 35.7 Å². The van der Waals surface area contributed by atoms with E-state index < -0.39 is 0 Å². The second-order valence-corrected chi connectivity index (χ2v) is 5.48. The molecule has 0 spiro atoms. The Morgan fingerprint density at radius 1 is 1.10 bits per heavy atom. The largest absolute Gasteiger partial charge is 0.339 e. The number of rotatable bonds is 3. The van der Waals surface area contributed by atoms with Crippen LogP contribution in [-0.4, -0.2) is 26.4 Å². The highest BCUT2D eigenvalue weighted by molar-refractivity contribution is 7.98. The molecule has 5 nitrogen and oxygen atoms in total. The summed E-state index contributed by atoms with van der Waals surface area (Å²) in [4.78, 5) is 8.55. The molecule has 20 heavy (non-hydrogen) atoms. The average Bonchev–Trinajstić information content (AvgIpc) is 2.81. The van der Waals surface area contributed by atoms with Crippen LogP contribution in [0.1, 0.15) is 11.1 Å². The Balaban J connectivity index is 2.08. The van der Waals surface area contributed by atoms with Gasteiger partial charge in [0.2, 0.25) is 0 Å². The molecule has 3 aromatic rings. The summed E-state index contributed by atoms with van der Waals surface area (Å²) in [5.74, 6) is 0.776. The number of thioether (sulfide) groups is 1. The summed E-state index contributed by atoms with van der Waals surface area (Å²) < 4.78 is 0. The summed E-state index contributed by atoms with van der Waals surface area (Å²) >= 11 is 1.57. The zero-order valence-corrected chi connectivity index (χ0v) is 12.4. The zero-order valence-electron chi connectivity index (χ0n) is 11.6. The molecule has 0 aliphatic heterocycles. The van der Waals surface area contributed by atoms with Crippen LogP contribution in [0.2, 0.25) is 0 Å². The van der Waals surface area contributed by atoms with E-state index in [9.17, 15) is 0 Å². The molecule has 0 atom stereocenters. The lowest BCUT2D eigenvalue weighted by molar-refractivity contribution is 1.02. The molecule has 0 saturated heterocycles. The molecule has 2 heterocycles. The number of aryl methyl sites for hydroxylation is 2. The number of hydrogen-bond donors (Lipinski definition) is 2. The number of aromatic nitrogens is 4. The van der Waals surface area contributed by atoms with E-state index >= 15 is 0 Å². The van der Waals surface area contributed by atoms with Crippen LogP contribution in [0.5, 0.6) is 0 Å². The predicted octanol–water partition coefficient (Wildman–Crippen LogP) is 3.44. The summed E-state index contributed by atoms with van der Waals surface area (Å²) in [6.45, 7) is 4.16. The van der Waals surface area contributed by atoms with E-state index in [2.05, 4.69) is 57.5 Å². The van der Waals surface area contributed by atoms with Crippen molar-refractivity contribution in [2.45, 2.75) is 18.9 Å². The summed E-state index contributed by atoms with van der Waals surface area (Å²) in [5, 5.41) is 12.4. The van der Waals surface area contributed by atoms with Crippen LogP contribution in [0, 0.1) is 13.8 Å². The molecule has 0 saturated carbocycles. The number of aromatic amines is 1. The molecule has 0 fully saturated rings. The van der Waals surface area contributed by atoms with Crippen LogP contribution < -0.4 is 5.32 Å². The molecule has 0 amide bonds. The van der Waals surface area contributed by atoms with Crippen LogP contribution in [0.25, 0.3) is 11.0 Å². The molecule has 2 aromatic heterocycles. The maximum atomic E-state index is 4.35. The molecule has 0 aliphatic rings. The summed E-state index contributed by atoms with van der Waals surface area (Å²) in [6.07, 6.45) is 3.53. The van der Waals surface area contributed by atoms with E-state index in [4.69, 9.17) is 0 Å². The standard InChI is InChI=1S/C14H15N5S/c1-8-4-9(2)6-10(5-8)17-12-11-13(16-7-15-12)18-19-14(11)20-3/h4-7H,1-3H3,(H2,15,16,17,18,19). The number of anilines is 2. The minimum Gasteiger partial charge on any atom is -0.339 e. The minimum absolute atomic E-state index is 0.747. The predicted molar refractivity (Wildman–Crippen MR) is 82.7 cm³/mol. The summed E-state index contributed by atoms with van der Waals surface area (Å²) in [6, 6.07) is 6.34. The van der Waals surface area contributed by atoms with Gasteiger partial charge in [0.15, 0.2) is 5.65 Å². The van der Waals surface area contributed by atoms with Crippen molar-refractivity contribution >= 4 is 34.3 Å². The number of fused-ring (bicyclic) bond motifs is 1. The van der Waals surface area contributed by atoms with Gasteiger partial charge in [-0.3, -0.25) is 5.10 Å². The monoisotopic (exact) mass is 285 g/mol. The SMILES string of the molecule is CSc1n[nH]c2ncnc(Nc3cc(C)cc(C)c3)c12. The van der Waals surface area contributed by atoms with E-state index in [0.29, 0.717) is 0 Å². The number of benzene rings is 1. The third kappa shape index (κ3) is 2.34. The molecule has 0 unspecified atom stereocenters. The van der Waals surface area contributed by atoms with E-state index in [1.54, 1.807) is 11.8 Å². The summed E-state index contributed by atoms with van der Waals surface area (Å²) in [5.41, 5.74) is 4.21. The van der Waals surface area contributed by atoms with Crippen molar-refractivity contribution in [2.24, 2.45) is 0 Å². The lowest BCUT2D eigenvalue weighted by atomic mass is 10.1. The van der Waals surface area contributed by atoms with Gasteiger partial charge in [-0.05, 0) is 43.4 Å². The quantitative estimate of drug-likeness (QED) is 0.722. The number of hydrogen-bond acceptors (Lipinski definition) is 5. The maximum Gasteiger partial charge on any atom is 0.161 e. The molecule has 0 aliphatic carbocycles. The van der Waals surface area contributed by atoms with Crippen molar-refractivity contribution in [1.29, 1.82) is 0 Å². The van der Waals surface area contributed by atoms with Crippen molar-refractivity contribution in [2.75, 3.05) is 11.6 Å². The zero-order chi connectivity index (χ0) is 14.1. The fourth-order valence-electron chi connectivity index (χ4n) is 2.26. The van der Waals surface area contributed by atoms with Gasteiger partial charge in [0.05, 0.1) is 5.39 Å².